The molecule has 0 aliphatic carbocycles. The van der Waals surface area contributed by atoms with E-state index in [0.717, 1.165) is 24.3 Å². The van der Waals surface area contributed by atoms with Gasteiger partial charge in [-0.2, -0.15) is 17.5 Å². The molecule has 1 N–H and O–H groups in total. The van der Waals surface area contributed by atoms with Crippen molar-refractivity contribution in [3.8, 4) is 5.75 Å². The van der Waals surface area contributed by atoms with Gasteiger partial charge in [-0.1, -0.05) is 0 Å². The summed E-state index contributed by atoms with van der Waals surface area (Å²) in [6.07, 6.45) is -4.54. The molecule has 176 valence electrons. The van der Waals surface area contributed by atoms with Gasteiger partial charge in [0.05, 0.1) is 10.5 Å². The van der Waals surface area contributed by atoms with Gasteiger partial charge in [0, 0.05) is 49.7 Å². The van der Waals surface area contributed by atoms with Crippen molar-refractivity contribution < 1.29 is 31.1 Å². The molecular formula is C22H21F3N2O5S. The van der Waals surface area contributed by atoms with Crippen LogP contribution in [0.25, 0.3) is 11.0 Å². The number of aryl methyl sites for hydroxylation is 1. The van der Waals surface area contributed by atoms with Crippen molar-refractivity contribution in [1.29, 1.82) is 0 Å². The number of sulfonamides is 1. The Morgan fingerprint density at radius 3 is 2.27 bits per heavy atom. The zero-order valence-corrected chi connectivity index (χ0v) is 18.4. The zero-order chi connectivity index (χ0) is 24.0. The Hall–Kier alpha value is -2.89. The third-order valence-corrected chi connectivity index (χ3v) is 7.68. The largest absolute Gasteiger partial charge is 0.508 e. The lowest BCUT2D eigenvalue weighted by Crippen LogP contribution is -2.48. The molecule has 1 aromatic heterocycles. The number of hydrogen-bond donors (Lipinski definition) is 1. The predicted octanol–water partition coefficient (Wildman–Crippen LogP) is 3.33. The summed E-state index contributed by atoms with van der Waals surface area (Å²) in [5.41, 5.74) is 0.00688. The van der Waals surface area contributed by atoms with Crippen LogP contribution in [0.5, 0.6) is 5.75 Å². The fourth-order valence-corrected chi connectivity index (χ4v) is 5.30. The zero-order valence-electron chi connectivity index (χ0n) is 17.6. The lowest BCUT2D eigenvalue weighted by Gasteiger charge is -2.34. The third-order valence-electron chi connectivity index (χ3n) is 5.76. The molecule has 1 aliphatic rings. The SMILES string of the molecule is Cc1c(O)ccc2c(CN3CCN(S(=O)(=O)c4ccc(C(F)(F)F)cc4)CC3)cc(=O)oc12. The van der Waals surface area contributed by atoms with Crippen molar-refractivity contribution in [1.82, 2.24) is 9.21 Å². The Balaban J connectivity index is 1.48. The van der Waals surface area contributed by atoms with Gasteiger partial charge in [0.2, 0.25) is 10.0 Å². The molecule has 0 bridgehead atoms. The van der Waals surface area contributed by atoms with Crippen LogP contribution in [0, 0.1) is 6.92 Å². The molecule has 3 aromatic rings. The van der Waals surface area contributed by atoms with Crippen LogP contribution >= 0.6 is 0 Å². The number of benzene rings is 2. The molecule has 1 aliphatic heterocycles. The van der Waals surface area contributed by atoms with E-state index in [9.17, 15) is 31.5 Å². The van der Waals surface area contributed by atoms with Crippen molar-refractivity contribution >= 4 is 21.0 Å². The summed E-state index contributed by atoms with van der Waals surface area (Å²) in [5, 5.41) is 10.6. The third kappa shape index (κ3) is 4.61. The van der Waals surface area contributed by atoms with Crippen LogP contribution in [-0.4, -0.2) is 48.9 Å². The first kappa shape index (κ1) is 23.3. The van der Waals surface area contributed by atoms with Crippen LogP contribution in [0.3, 0.4) is 0 Å². The van der Waals surface area contributed by atoms with Crippen LogP contribution in [0.4, 0.5) is 13.2 Å². The lowest BCUT2D eigenvalue weighted by atomic mass is 10.1. The number of nitrogens with zero attached hydrogens (tertiary/aromatic N) is 2. The molecule has 2 aromatic carbocycles. The molecule has 1 saturated heterocycles. The van der Waals surface area contributed by atoms with E-state index in [4.69, 9.17) is 4.42 Å². The average molecular weight is 482 g/mol. The number of halogens is 3. The van der Waals surface area contributed by atoms with Gasteiger partial charge in [0.1, 0.15) is 11.3 Å². The summed E-state index contributed by atoms with van der Waals surface area (Å²) in [6, 6.07) is 8.03. The van der Waals surface area contributed by atoms with E-state index < -0.39 is 27.4 Å². The van der Waals surface area contributed by atoms with E-state index in [1.54, 1.807) is 13.0 Å². The van der Waals surface area contributed by atoms with Crippen LogP contribution in [0.1, 0.15) is 16.7 Å². The van der Waals surface area contributed by atoms with Gasteiger partial charge in [-0.15, -0.1) is 0 Å². The topological polar surface area (TPSA) is 91.1 Å². The number of aromatic hydroxyl groups is 1. The first-order valence-corrected chi connectivity index (χ1v) is 11.6. The summed E-state index contributed by atoms with van der Waals surface area (Å²) in [7, 11) is -3.93. The van der Waals surface area contributed by atoms with Crippen LogP contribution in [-0.2, 0) is 22.7 Å². The highest BCUT2D eigenvalue weighted by Crippen LogP contribution is 2.31. The van der Waals surface area contributed by atoms with E-state index >= 15 is 0 Å². The molecule has 0 spiro atoms. The van der Waals surface area contributed by atoms with Gasteiger partial charge in [0.25, 0.3) is 0 Å². The molecule has 4 rings (SSSR count). The Morgan fingerprint density at radius 2 is 1.67 bits per heavy atom. The average Bonchev–Trinajstić information content (AvgIpc) is 2.76. The normalized spacial score (nSPS) is 16.4. The number of piperazine rings is 1. The van der Waals surface area contributed by atoms with Crippen molar-refractivity contribution in [2.45, 2.75) is 24.5 Å². The minimum Gasteiger partial charge on any atom is -0.508 e. The highest BCUT2D eigenvalue weighted by molar-refractivity contribution is 7.89. The van der Waals surface area contributed by atoms with Gasteiger partial charge >= 0.3 is 11.8 Å². The second-order valence-electron chi connectivity index (χ2n) is 7.88. The fraction of sp³-hybridized carbons (Fsp3) is 0.318. The maximum absolute atomic E-state index is 12.9. The predicted molar refractivity (Wildman–Crippen MR) is 114 cm³/mol. The van der Waals surface area contributed by atoms with Gasteiger partial charge in [-0.3, -0.25) is 4.90 Å². The van der Waals surface area contributed by atoms with Crippen LogP contribution in [0.2, 0.25) is 0 Å². The summed E-state index contributed by atoms with van der Waals surface area (Å²) in [5.74, 6) is 0.0184. The number of fused-ring (bicyclic) bond motifs is 1. The molecular weight excluding hydrogens is 461 g/mol. The van der Waals surface area contributed by atoms with Gasteiger partial charge in [-0.05, 0) is 48.9 Å². The van der Waals surface area contributed by atoms with E-state index in [1.807, 2.05) is 4.90 Å². The molecule has 11 heteroatoms. The smallest absolute Gasteiger partial charge is 0.416 e. The Kier molecular flexibility index (Phi) is 5.97. The second-order valence-corrected chi connectivity index (χ2v) is 9.82. The highest BCUT2D eigenvalue weighted by Gasteiger charge is 2.32. The molecule has 0 atom stereocenters. The summed E-state index contributed by atoms with van der Waals surface area (Å²) in [4.78, 5) is 13.8. The van der Waals surface area contributed by atoms with Crippen molar-refractivity contribution in [2.75, 3.05) is 26.2 Å². The number of hydrogen-bond acceptors (Lipinski definition) is 6. The quantitative estimate of drug-likeness (QED) is 0.574. The maximum Gasteiger partial charge on any atom is 0.416 e. The van der Waals surface area contributed by atoms with Gasteiger partial charge < -0.3 is 9.52 Å². The van der Waals surface area contributed by atoms with E-state index in [2.05, 4.69) is 0 Å². The van der Waals surface area contributed by atoms with Gasteiger partial charge in [-0.25, -0.2) is 13.2 Å². The molecule has 0 saturated carbocycles. The number of phenols is 1. The number of alkyl halides is 3. The van der Waals surface area contributed by atoms with Crippen LogP contribution < -0.4 is 5.63 Å². The first-order valence-electron chi connectivity index (χ1n) is 10.1. The number of rotatable bonds is 4. The van der Waals surface area contributed by atoms with E-state index in [0.29, 0.717) is 41.7 Å². The minimum absolute atomic E-state index is 0.0184. The summed E-state index contributed by atoms with van der Waals surface area (Å²) in [6.45, 7) is 3.08. The van der Waals surface area contributed by atoms with E-state index in [1.165, 1.54) is 16.4 Å². The summed E-state index contributed by atoms with van der Waals surface area (Å²) < 4.78 is 70.5. The molecule has 33 heavy (non-hydrogen) atoms. The van der Waals surface area contributed by atoms with Crippen LogP contribution in [0.15, 0.2) is 56.6 Å². The second kappa shape index (κ2) is 8.47. The van der Waals surface area contributed by atoms with Crippen molar-refractivity contribution in [2.24, 2.45) is 0 Å². The Labute approximate surface area is 187 Å². The van der Waals surface area contributed by atoms with Crippen molar-refractivity contribution in [3.63, 3.8) is 0 Å². The molecule has 0 radical (unpaired) electrons. The first-order chi connectivity index (χ1) is 15.5. The minimum atomic E-state index is -4.54. The summed E-state index contributed by atoms with van der Waals surface area (Å²) >= 11 is 0. The molecule has 0 amide bonds. The maximum atomic E-state index is 12.9. The molecule has 2 heterocycles. The Morgan fingerprint density at radius 1 is 1.03 bits per heavy atom. The lowest BCUT2D eigenvalue weighted by molar-refractivity contribution is -0.137. The Bertz CT molecular complexity index is 1340. The standard InChI is InChI=1S/C22H21F3N2O5S/c1-14-19(28)7-6-18-15(12-20(29)32-21(14)18)13-26-8-10-27(11-9-26)33(30,31)17-4-2-16(3-5-17)22(23,24)25/h2-7,12,28H,8-11,13H2,1H3. The molecule has 7 nitrogen and oxygen atoms in total. The van der Waals surface area contributed by atoms with E-state index in [-0.39, 0.29) is 23.7 Å². The fourth-order valence-electron chi connectivity index (χ4n) is 3.88. The van der Waals surface area contributed by atoms with Crippen molar-refractivity contribution in [3.05, 3.63) is 69.6 Å². The molecule has 0 unspecified atom stereocenters. The van der Waals surface area contributed by atoms with Gasteiger partial charge in [0.15, 0.2) is 0 Å². The molecule has 1 fully saturated rings. The highest BCUT2D eigenvalue weighted by atomic mass is 32.2. The monoisotopic (exact) mass is 482 g/mol. The number of phenolic OH excluding ortho intramolecular Hbond substituents is 1.